The van der Waals surface area contributed by atoms with Crippen molar-refractivity contribution in [1.82, 2.24) is 14.4 Å². The minimum Gasteiger partial charge on any atom is -0.431 e. The summed E-state index contributed by atoms with van der Waals surface area (Å²) in [5.74, 6) is -0.226. The number of carbonyl (C=O) groups excluding carboxylic acids is 1. The van der Waals surface area contributed by atoms with Crippen molar-refractivity contribution in [2.75, 3.05) is 13.6 Å². The SMILES string of the molecule is CCN1C(=O)C(=c2oc(=C3C=CC=CN3C)c(=O)n2C)SC1=S. The molecule has 120 valence electrons. The molecule has 0 saturated carbocycles. The van der Waals surface area contributed by atoms with E-state index >= 15 is 0 Å². The van der Waals surface area contributed by atoms with E-state index in [2.05, 4.69) is 0 Å². The van der Waals surface area contributed by atoms with Crippen LogP contribution in [0.2, 0.25) is 0 Å². The highest BCUT2D eigenvalue weighted by atomic mass is 32.2. The molecule has 8 heteroatoms. The molecular formula is C15H15N3O3S2. The summed E-state index contributed by atoms with van der Waals surface area (Å²) in [4.78, 5) is 28.6. The molecule has 0 bridgehead atoms. The number of nitrogens with zero attached hydrogens (tertiary/aromatic N) is 3. The first-order valence-corrected chi connectivity index (χ1v) is 8.24. The van der Waals surface area contributed by atoms with E-state index in [0.717, 1.165) is 11.8 Å². The Morgan fingerprint density at radius 1 is 1.26 bits per heavy atom. The van der Waals surface area contributed by atoms with Gasteiger partial charge in [0.15, 0.2) is 0 Å². The minimum atomic E-state index is -0.288. The van der Waals surface area contributed by atoms with Crippen molar-refractivity contribution in [2.24, 2.45) is 7.05 Å². The molecule has 0 unspecified atom stereocenters. The number of hydrogen-bond acceptors (Lipinski definition) is 6. The molecule has 23 heavy (non-hydrogen) atoms. The second kappa shape index (κ2) is 5.86. The van der Waals surface area contributed by atoms with E-state index < -0.39 is 0 Å². The number of hydrogen-bond donors (Lipinski definition) is 0. The molecule has 1 aromatic heterocycles. The maximum atomic E-state index is 12.5. The number of thioether (sulfide) groups is 1. The number of rotatable bonds is 1. The number of carbonyl (C=O) groups is 1. The zero-order valence-electron chi connectivity index (χ0n) is 12.9. The van der Waals surface area contributed by atoms with E-state index in [1.807, 2.05) is 32.3 Å². The van der Waals surface area contributed by atoms with Crippen LogP contribution in [0.1, 0.15) is 6.92 Å². The molecule has 0 aliphatic carbocycles. The molecule has 1 fully saturated rings. The van der Waals surface area contributed by atoms with Crippen molar-refractivity contribution in [1.29, 1.82) is 0 Å². The molecule has 6 nitrogen and oxygen atoms in total. The van der Waals surface area contributed by atoms with Gasteiger partial charge >= 0.3 is 0 Å². The van der Waals surface area contributed by atoms with Crippen LogP contribution >= 0.6 is 24.0 Å². The Morgan fingerprint density at radius 3 is 2.61 bits per heavy atom. The number of likely N-dealkylation sites (N-methyl/N-ethyl adjacent to an activating group) is 1. The van der Waals surface area contributed by atoms with E-state index in [-0.39, 0.29) is 22.4 Å². The van der Waals surface area contributed by atoms with Crippen LogP contribution in [-0.2, 0) is 11.8 Å². The fraction of sp³-hybridized carbons (Fsp3) is 0.267. The summed E-state index contributed by atoms with van der Waals surface area (Å²) in [6.45, 7) is 2.34. The third kappa shape index (κ3) is 2.47. The van der Waals surface area contributed by atoms with Gasteiger partial charge in [0, 0.05) is 26.8 Å². The lowest BCUT2D eigenvalue weighted by Gasteiger charge is -2.15. The van der Waals surface area contributed by atoms with Crippen LogP contribution in [0.15, 0.2) is 33.6 Å². The molecule has 1 amide bonds. The lowest BCUT2D eigenvalue weighted by Crippen LogP contribution is -2.33. The highest BCUT2D eigenvalue weighted by molar-refractivity contribution is 8.30. The maximum Gasteiger partial charge on any atom is 0.298 e. The van der Waals surface area contributed by atoms with Gasteiger partial charge in [0.05, 0.1) is 5.70 Å². The van der Waals surface area contributed by atoms with Gasteiger partial charge in [0.25, 0.3) is 11.5 Å². The van der Waals surface area contributed by atoms with Gasteiger partial charge in [0.1, 0.15) is 9.23 Å². The number of allylic oxidation sites excluding steroid dienone is 2. The molecule has 3 heterocycles. The quantitative estimate of drug-likeness (QED) is 0.670. The molecule has 0 radical (unpaired) electrons. The van der Waals surface area contributed by atoms with E-state index in [1.165, 1.54) is 9.47 Å². The van der Waals surface area contributed by atoms with Crippen LogP contribution in [0.3, 0.4) is 0 Å². The first-order valence-electron chi connectivity index (χ1n) is 7.01. The van der Waals surface area contributed by atoms with Crippen LogP contribution in [0.25, 0.3) is 10.6 Å². The fourth-order valence-corrected chi connectivity index (χ4v) is 3.79. The predicted octanol–water partition coefficient (Wildman–Crippen LogP) is 0.0902. The van der Waals surface area contributed by atoms with Crippen LogP contribution in [0.4, 0.5) is 0 Å². The average Bonchev–Trinajstić information content (AvgIpc) is 2.97. The molecular weight excluding hydrogens is 334 g/mol. The van der Waals surface area contributed by atoms with Crippen LogP contribution in [0.5, 0.6) is 0 Å². The number of amides is 1. The third-order valence-corrected chi connectivity index (χ3v) is 5.07. The Bertz CT molecular complexity index is 936. The molecule has 0 atom stereocenters. The summed E-state index contributed by atoms with van der Waals surface area (Å²) in [5, 5.41) is 0. The molecule has 2 aliphatic rings. The van der Waals surface area contributed by atoms with Gasteiger partial charge in [-0.2, -0.15) is 0 Å². The molecule has 0 N–H and O–H groups in total. The largest absolute Gasteiger partial charge is 0.431 e. The lowest BCUT2D eigenvalue weighted by molar-refractivity contribution is -0.120. The molecule has 0 spiro atoms. The van der Waals surface area contributed by atoms with Gasteiger partial charge < -0.3 is 9.32 Å². The first-order chi connectivity index (χ1) is 11.0. The number of aromatic nitrogens is 1. The monoisotopic (exact) mass is 349 g/mol. The second-order valence-corrected chi connectivity index (χ2v) is 6.69. The first kappa shape index (κ1) is 15.8. The van der Waals surface area contributed by atoms with Crippen LogP contribution in [0, 0.1) is 0 Å². The number of oxazole rings is 1. The Hall–Kier alpha value is -2.06. The summed E-state index contributed by atoms with van der Waals surface area (Å²) in [6, 6.07) is 0. The standard InChI is InChI=1S/C15H15N3O3S2/c1-4-18-13(20)11(23-15(18)22)14-17(3)12(19)10(21-14)9-7-5-6-8-16(9)2/h5-8H,4H2,1-3H3. The zero-order valence-corrected chi connectivity index (χ0v) is 14.5. The Labute approximate surface area is 142 Å². The normalized spacial score (nSPS) is 22.6. The highest BCUT2D eigenvalue weighted by Crippen LogP contribution is 2.30. The Morgan fingerprint density at radius 2 is 2.00 bits per heavy atom. The summed E-state index contributed by atoms with van der Waals surface area (Å²) in [6.07, 6.45) is 7.31. The molecule has 3 rings (SSSR count). The van der Waals surface area contributed by atoms with Gasteiger partial charge in [-0.15, -0.1) is 0 Å². The molecule has 2 aliphatic heterocycles. The lowest BCUT2D eigenvalue weighted by atomic mass is 10.3. The van der Waals surface area contributed by atoms with Crippen LogP contribution < -0.4 is 16.5 Å². The van der Waals surface area contributed by atoms with Gasteiger partial charge in [0.2, 0.25) is 11.0 Å². The summed E-state index contributed by atoms with van der Waals surface area (Å²) in [5.41, 5.74) is 0.795. The van der Waals surface area contributed by atoms with Crippen molar-refractivity contribution in [3.8, 4) is 0 Å². The van der Waals surface area contributed by atoms with Crippen molar-refractivity contribution >= 4 is 44.8 Å². The van der Waals surface area contributed by atoms with E-state index in [1.54, 1.807) is 18.0 Å². The van der Waals surface area contributed by atoms with E-state index in [0.29, 0.717) is 21.5 Å². The fourth-order valence-electron chi connectivity index (χ4n) is 2.37. The van der Waals surface area contributed by atoms with Gasteiger partial charge in [-0.3, -0.25) is 19.1 Å². The average molecular weight is 349 g/mol. The van der Waals surface area contributed by atoms with Crippen LogP contribution in [-0.4, -0.2) is 38.2 Å². The number of thiocarbonyl (C=S) groups is 1. The maximum absolute atomic E-state index is 12.5. The summed E-state index contributed by atoms with van der Waals surface area (Å²) >= 11 is 6.36. The van der Waals surface area contributed by atoms with Crippen molar-refractivity contribution in [3.05, 3.63) is 45.7 Å². The van der Waals surface area contributed by atoms with Gasteiger partial charge in [-0.05, 0) is 30.8 Å². The molecule has 1 saturated heterocycles. The Kier molecular flexibility index (Phi) is 4.03. The van der Waals surface area contributed by atoms with E-state index in [9.17, 15) is 9.59 Å². The topological polar surface area (TPSA) is 58.7 Å². The minimum absolute atomic E-state index is 0.201. The van der Waals surface area contributed by atoms with Crippen molar-refractivity contribution in [2.45, 2.75) is 6.92 Å². The van der Waals surface area contributed by atoms with Gasteiger partial charge in [-0.1, -0.05) is 18.3 Å². The summed E-state index contributed by atoms with van der Waals surface area (Å²) < 4.78 is 7.60. The Balaban J connectivity index is 2.30. The van der Waals surface area contributed by atoms with Crippen molar-refractivity contribution in [3.63, 3.8) is 0 Å². The highest BCUT2D eigenvalue weighted by Gasteiger charge is 2.33. The second-order valence-electron chi connectivity index (χ2n) is 5.04. The van der Waals surface area contributed by atoms with E-state index in [4.69, 9.17) is 16.6 Å². The molecule has 0 aromatic carbocycles. The van der Waals surface area contributed by atoms with Crippen molar-refractivity contribution < 1.29 is 9.21 Å². The zero-order chi connectivity index (χ0) is 16.7. The smallest absolute Gasteiger partial charge is 0.298 e. The predicted molar refractivity (Wildman–Crippen MR) is 93.6 cm³/mol. The third-order valence-electron chi connectivity index (χ3n) is 3.65. The summed E-state index contributed by atoms with van der Waals surface area (Å²) in [7, 11) is 3.42. The van der Waals surface area contributed by atoms with Gasteiger partial charge in [-0.25, -0.2) is 0 Å². The molecule has 1 aromatic rings.